The van der Waals surface area contributed by atoms with Crippen molar-refractivity contribution < 1.29 is 9.21 Å². The lowest BCUT2D eigenvalue weighted by molar-refractivity contribution is 0.0922. The predicted octanol–water partition coefficient (Wildman–Crippen LogP) is 5.15. The molecule has 1 N–H and O–H groups in total. The quantitative estimate of drug-likeness (QED) is 0.294. The molecule has 3 aromatic heterocycles. The number of amides is 1. The molecule has 0 saturated carbocycles. The summed E-state index contributed by atoms with van der Waals surface area (Å²) in [5, 5.41) is 8.16. The van der Waals surface area contributed by atoms with Crippen LogP contribution in [0.3, 0.4) is 0 Å². The monoisotopic (exact) mass is 483 g/mol. The van der Waals surface area contributed by atoms with Crippen LogP contribution in [0.25, 0.3) is 11.1 Å². The topological polar surface area (TPSA) is 77.9 Å². The summed E-state index contributed by atoms with van der Waals surface area (Å²) in [7, 11) is 1.95. The van der Waals surface area contributed by atoms with Gasteiger partial charge in [-0.15, -0.1) is 0 Å². The number of benzene rings is 2. The minimum Gasteiger partial charge on any atom is -0.455 e. The van der Waals surface area contributed by atoms with Crippen LogP contribution in [0.15, 0.2) is 101 Å². The lowest BCUT2D eigenvalue weighted by atomic mass is 9.98. The van der Waals surface area contributed by atoms with Crippen molar-refractivity contribution in [1.82, 2.24) is 24.6 Å². The number of imidazole rings is 1. The summed E-state index contributed by atoms with van der Waals surface area (Å²) in [4.78, 5) is 17.0. The van der Waals surface area contributed by atoms with Gasteiger partial charge < -0.3 is 14.3 Å². The summed E-state index contributed by atoms with van der Waals surface area (Å²) in [6, 6.07) is 22.0. The van der Waals surface area contributed by atoms with Gasteiger partial charge in [-0.25, -0.2) is 4.98 Å². The first-order chi connectivity index (χ1) is 17.2. The number of nitrogens with zero attached hydrogens (tertiary/aromatic N) is 4. The normalized spacial score (nSPS) is 11.0. The molecule has 1 amide bonds. The minimum atomic E-state index is -0.234. The molecule has 0 bridgehead atoms. The Hall–Kier alpha value is -4.04. The summed E-state index contributed by atoms with van der Waals surface area (Å²) in [6.07, 6.45) is 7.39. The minimum absolute atomic E-state index is 0.234. The standard InChI is InChI=1S/C27H25N5O2S/c1-31-16-14-28-27(31)35-19-23-11-12-25(34-23)26(33)29-17-22-5-2-3-6-24(22)21-9-7-20(8-10-21)18-32-15-4-13-30-32/h2-16H,17-19H2,1H3,(H,29,33). The number of nitrogens with one attached hydrogen (secondary N) is 1. The molecule has 0 saturated heterocycles. The van der Waals surface area contributed by atoms with Gasteiger partial charge in [0.25, 0.3) is 5.91 Å². The number of hydrogen-bond donors (Lipinski definition) is 1. The van der Waals surface area contributed by atoms with Gasteiger partial charge in [-0.1, -0.05) is 60.3 Å². The highest BCUT2D eigenvalue weighted by atomic mass is 32.2. The molecule has 5 rings (SSSR count). The Balaban J connectivity index is 1.21. The molecule has 0 fully saturated rings. The molecule has 8 heteroatoms. The highest BCUT2D eigenvalue weighted by molar-refractivity contribution is 7.98. The van der Waals surface area contributed by atoms with Crippen molar-refractivity contribution in [2.75, 3.05) is 0 Å². The van der Waals surface area contributed by atoms with Crippen LogP contribution in [0, 0.1) is 0 Å². The van der Waals surface area contributed by atoms with E-state index >= 15 is 0 Å². The molecule has 0 unspecified atom stereocenters. The highest BCUT2D eigenvalue weighted by Crippen LogP contribution is 2.25. The molecule has 0 aliphatic heterocycles. The van der Waals surface area contributed by atoms with E-state index in [0.717, 1.165) is 34.2 Å². The third-order valence-corrected chi connectivity index (χ3v) is 6.71. The van der Waals surface area contributed by atoms with Gasteiger partial charge in [0, 0.05) is 38.4 Å². The fourth-order valence-electron chi connectivity index (χ4n) is 3.79. The first kappa shape index (κ1) is 22.7. The lowest BCUT2D eigenvalue weighted by Gasteiger charge is -2.11. The van der Waals surface area contributed by atoms with Gasteiger partial charge in [-0.05, 0) is 40.5 Å². The summed E-state index contributed by atoms with van der Waals surface area (Å²) in [6.45, 7) is 1.14. The van der Waals surface area contributed by atoms with Gasteiger partial charge in [0.05, 0.1) is 12.3 Å². The van der Waals surface area contributed by atoms with Crippen LogP contribution in [0.4, 0.5) is 0 Å². The Kier molecular flexibility index (Phi) is 6.81. The third-order valence-electron chi connectivity index (χ3n) is 5.63. The van der Waals surface area contributed by atoms with E-state index in [9.17, 15) is 4.79 Å². The summed E-state index contributed by atoms with van der Waals surface area (Å²) < 4.78 is 9.61. The largest absolute Gasteiger partial charge is 0.455 e. The van der Waals surface area contributed by atoms with E-state index in [4.69, 9.17) is 4.42 Å². The molecule has 0 aliphatic carbocycles. The summed E-state index contributed by atoms with van der Waals surface area (Å²) in [5.41, 5.74) is 4.41. The van der Waals surface area contributed by atoms with Gasteiger partial charge in [0.15, 0.2) is 10.9 Å². The van der Waals surface area contributed by atoms with E-state index in [1.165, 1.54) is 5.56 Å². The highest BCUT2D eigenvalue weighted by Gasteiger charge is 2.13. The maximum atomic E-state index is 12.7. The van der Waals surface area contributed by atoms with Crippen LogP contribution in [0.5, 0.6) is 0 Å². The second-order valence-electron chi connectivity index (χ2n) is 8.12. The van der Waals surface area contributed by atoms with E-state index in [0.29, 0.717) is 18.1 Å². The maximum absolute atomic E-state index is 12.7. The molecule has 5 aromatic rings. The van der Waals surface area contributed by atoms with Crippen molar-refractivity contribution in [2.45, 2.75) is 24.0 Å². The molecule has 176 valence electrons. The average molecular weight is 484 g/mol. The molecule has 0 aliphatic rings. The summed E-state index contributed by atoms with van der Waals surface area (Å²) >= 11 is 1.56. The predicted molar refractivity (Wildman–Crippen MR) is 136 cm³/mol. The van der Waals surface area contributed by atoms with E-state index < -0.39 is 0 Å². The number of aryl methyl sites for hydroxylation is 1. The van der Waals surface area contributed by atoms with Crippen molar-refractivity contribution in [3.05, 3.63) is 114 Å². The van der Waals surface area contributed by atoms with Crippen LogP contribution in [-0.4, -0.2) is 25.2 Å². The van der Waals surface area contributed by atoms with Gasteiger partial charge in [-0.2, -0.15) is 5.10 Å². The zero-order chi connectivity index (χ0) is 24.0. The molecule has 2 aromatic carbocycles. The number of hydrogen-bond acceptors (Lipinski definition) is 5. The van der Waals surface area contributed by atoms with Crippen LogP contribution < -0.4 is 5.32 Å². The second kappa shape index (κ2) is 10.5. The third kappa shape index (κ3) is 5.55. The van der Waals surface area contributed by atoms with Crippen molar-refractivity contribution in [3.8, 4) is 11.1 Å². The zero-order valence-corrected chi connectivity index (χ0v) is 20.1. The fraction of sp³-hybridized carbons (Fsp3) is 0.148. The molecule has 0 radical (unpaired) electrons. The van der Waals surface area contributed by atoms with E-state index in [1.54, 1.807) is 30.2 Å². The average Bonchev–Trinajstić information content (AvgIpc) is 3.65. The Morgan fingerprint density at radius 2 is 1.86 bits per heavy atom. The SMILES string of the molecule is Cn1ccnc1SCc1ccc(C(=O)NCc2ccccc2-c2ccc(Cn3cccn3)cc2)o1. The number of furan rings is 1. The fourth-order valence-corrected chi connectivity index (χ4v) is 4.62. The van der Waals surface area contributed by atoms with E-state index in [1.807, 2.05) is 59.0 Å². The molecular formula is C27H25N5O2S. The number of carbonyl (C=O) groups is 1. The first-order valence-electron chi connectivity index (χ1n) is 11.3. The molecule has 7 nitrogen and oxygen atoms in total. The number of rotatable bonds is 9. The maximum Gasteiger partial charge on any atom is 0.287 e. The van der Waals surface area contributed by atoms with Gasteiger partial charge in [-0.3, -0.25) is 9.48 Å². The Bertz CT molecular complexity index is 1400. The lowest BCUT2D eigenvalue weighted by Crippen LogP contribution is -2.22. The summed E-state index contributed by atoms with van der Waals surface area (Å²) in [5.74, 6) is 1.42. The van der Waals surface area contributed by atoms with Crippen molar-refractivity contribution in [3.63, 3.8) is 0 Å². The molecule has 0 atom stereocenters. The van der Waals surface area contributed by atoms with Crippen molar-refractivity contribution in [2.24, 2.45) is 7.05 Å². The second-order valence-corrected chi connectivity index (χ2v) is 9.06. The number of carbonyl (C=O) groups excluding carboxylic acids is 1. The van der Waals surface area contributed by atoms with E-state index in [2.05, 4.69) is 45.7 Å². The molecular weight excluding hydrogens is 458 g/mol. The Labute approximate surface area is 207 Å². The van der Waals surface area contributed by atoms with Crippen molar-refractivity contribution in [1.29, 1.82) is 0 Å². The Morgan fingerprint density at radius 1 is 1.00 bits per heavy atom. The first-order valence-corrected chi connectivity index (χ1v) is 12.3. The van der Waals surface area contributed by atoms with Crippen LogP contribution in [0.2, 0.25) is 0 Å². The van der Waals surface area contributed by atoms with Crippen LogP contribution in [0.1, 0.15) is 27.4 Å². The van der Waals surface area contributed by atoms with Crippen LogP contribution >= 0.6 is 11.8 Å². The zero-order valence-electron chi connectivity index (χ0n) is 19.3. The van der Waals surface area contributed by atoms with Crippen molar-refractivity contribution >= 4 is 17.7 Å². The van der Waals surface area contributed by atoms with Gasteiger partial charge in [0.2, 0.25) is 0 Å². The smallest absolute Gasteiger partial charge is 0.287 e. The van der Waals surface area contributed by atoms with Crippen LogP contribution in [-0.2, 0) is 25.9 Å². The Morgan fingerprint density at radius 3 is 2.63 bits per heavy atom. The van der Waals surface area contributed by atoms with E-state index in [-0.39, 0.29) is 5.91 Å². The molecule has 3 heterocycles. The molecule has 0 spiro atoms. The van der Waals surface area contributed by atoms with Gasteiger partial charge >= 0.3 is 0 Å². The molecule has 35 heavy (non-hydrogen) atoms. The number of aromatic nitrogens is 4. The van der Waals surface area contributed by atoms with Gasteiger partial charge in [0.1, 0.15) is 5.76 Å². The number of thioether (sulfide) groups is 1.